The Labute approximate surface area is 88.2 Å². The molecule has 0 heterocycles. The molecule has 0 amide bonds. The van der Waals surface area contributed by atoms with Gasteiger partial charge in [-0.1, -0.05) is 35.0 Å². The number of halogens is 1. The summed E-state index contributed by atoms with van der Waals surface area (Å²) >= 11 is 3.41. The van der Waals surface area contributed by atoms with Crippen LogP contribution in [-0.4, -0.2) is 6.10 Å². The molecule has 0 aliphatic rings. The first-order valence-corrected chi connectivity index (χ1v) is 5.70. The third-order valence-electron chi connectivity index (χ3n) is 1.99. The van der Waals surface area contributed by atoms with Crippen molar-refractivity contribution in [2.24, 2.45) is 0 Å². The molecule has 0 bridgehead atoms. The Morgan fingerprint density at radius 2 is 1.92 bits per heavy atom. The van der Waals surface area contributed by atoms with Gasteiger partial charge in [0, 0.05) is 5.33 Å². The quantitative estimate of drug-likeness (QED) is 0.731. The van der Waals surface area contributed by atoms with Crippen LogP contribution < -0.4 is 4.74 Å². The van der Waals surface area contributed by atoms with Gasteiger partial charge in [-0.3, -0.25) is 0 Å². The molecule has 0 unspecified atom stereocenters. The van der Waals surface area contributed by atoms with Gasteiger partial charge in [0.2, 0.25) is 0 Å². The maximum absolute atomic E-state index is 5.65. The maximum atomic E-state index is 5.65. The maximum Gasteiger partial charge on any atom is 0.119 e. The van der Waals surface area contributed by atoms with E-state index in [-0.39, 0.29) is 0 Å². The fourth-order valence-corrected chi connectivity index (χ4v) is 1.35. The van der Waals surface area contributed by atoms with Gasteiger partial charge in [-0.2, -0.15) is 0 Å². The second-order valence-corrected chi connectivity index (χ2v) is 3.68. The van der Waals surface area contributed by atoms with E-state index in [9.17, 15) is 0 Å². The number of hydrogen-bond acceptors (Lipinski definition) is 1. The van der Waals surface area contributed by atoms with E-state index in [0.29, 0.717) is 6.10 Å². The van der Waals surface area contributed by atoms with Crippen molar-refractivity contribution in [3.8, 4) is 5.75 Å². The van der Waals surface area contributed by atoms with Crippen molar-refractivity contribution in [3.63, 3.8) is 0 Å². The summed E-state index contributed by atoms with van der Waals surface area (Å²) in [5.41, 5.74) is 1.27. The van der Waals surface area contributed by atoms with E-state index in [4.69, 9.17) is 4.74 Å². The molecular weight excluding hydrogens is 228 g/mol. The lowest BCUT2D eigenvalue weighted by Gasteiger charge is -2.12. The van der Waals surface area contributed by atoms with E-state index in [1.807, 2.05) is 12.1 Å². The van der Waals surface area contributed by atoms with Crippen molar-refractivity contribution in [2.45, 2.75) is 31.7 Å². The SMILES string of the molecule is CC[C@@H](C)Oc1ccc(CBr)cc1. The molecule has 0 spiro atoms. The molecule has 0 aromatic heterocycles. The largest absolute Gasteiger partial charge is 0.491 e. The van der Waals surface area contributed by atoms with Gasteiger partial charge in [0.1, 0.15) is 5.75 Å². The standard InChI is InChI=1S/C11H15BrO/c1-3-9(2)13-11-6-4-10(8-12)5-7-11/h4-7,9H,3,8H2,1-2H3/t9-/m1/s1. The average molecular weight is 243 g/mol. The molecule has 1 nitrogen and oxygen atoms in total. The smallest absolute Gasteiger partial charge is 0.119 e. The van der Waals surface area contributed by atoms with Crippen LogP contribution in [0.25, 0.3) is 0 Å². The van der Waals surface area contributed by atoms with Crippen LogP contribution in [0.2, 0.25) is 0 Å². The highest BCUT2D eigenvalue weighted by Gasteiger charge is 1.99. The summed E-state index contributed by atoms with van der Waals surface area (Å²) in [7, 11) is 0. The average Bonchev–Trinajstić information content (AvgIpc) is 2.19. The van der Waals surface area contributed by atoms with E-state index in [0.717, 1.165) is 17.5 Å². The Morgan fingerprint density at radius 3 is 2.38 bits per heavy atom. The van der Waals surface area contributed by atoms with Gasteiger partial charge in [0.25, 0.3) is 0 Å². The lowest BCUT2D eigenvalue weighted by molar-refractivity contribution is 0.217. The zero-order valence-corrected chi connectivity index (χ0v) is 9.67. The summed E-state index contributed by atoms with van der Waals surface area (Å²) < 4.78 is 5.65. The third kappa shape index (κ3) is 3.39. The van der Waals surface area contributed by atoms with Gasteiger partial charge in [0.05, 0.1) is 6.10 Å². The Hall–Kier alpha value is -0.500. The molecular formula is C11H15BrO. The predicted octanol–water partition coefficient (Wildman–Crippen LogP) is 3.76. The highest BCUT2D eigenvalue weighted by atomic mass is 79.9. The van der Waals surface area contributed by atoms with Crippen molar-refractivity contribution in [3.05, 3.63) is 29.8 Å². The first-order valence-electron chi connectivity index (χ1n) is 4.57. The Balaban J connectivity index is 2.58. The monoisotopic (exact) mass is 242 g/mol. The van der Waals surface area contributed by atoms with Crippen LogP contribution in [0.4, 0.5) is 0 Å². The summed E-state index contributed by atoms with van der Waals surface area (Å²) in [6, 6.07) is 8.18. The lowest BCUT2D eigenvalue weighted by Crippen LogP contribution is -2.09. The highest BCUT2D eigenvalue weighted by Crippen LogP contribution is 2.15. The molecule has 1 aromatic carbocycles. The minimum Gasteiger partial charge on any atom is -0.491 e. The van der Waals surface area contributed by atoms with Crippen LogP contribution in [0.1, 0.15) is 25.8 Å². The van der Waals surface area contributed by atoms with Gasteiger partial charge >= 0.3 is 0 Å². The molecule has 0 aliphatic carbocycles. The fourth-order valence-electron chi connectivity index (χ4n) is 0.973. The topological polar surface area (TPSA) is 9.23 Å². The van der Waals surface area contributed by atoms with Gasteiger partial charge in [-0.25, -0.2) is 0 Å². The Morgan fingerprint density at radius 1 is 1.31 bits per heavy atom. The molecule has 2 heteroatoms. The van der Waals surface area contributed by atoms with Crippen LogP contribution in [0, 0.1) is 0 Å². The van der Waals surface area contributed by atoms with Crippen LogP contribution in [-0.2, 0) is 5.33 Å². The lowest BCUT2D eigenvalue weighted by atomic mass is 10.2. The van der Waals surface area contributed by atoms with Gasteiger partial charge in [-0.05, 0) is 31.0 Å². The molecule has 1 atom stereocenters. The molecule has 0 fully saturated rings. The molecule has 1 aromatic rings. The van der Waals surface area contributed by atoms with E-state index in [1.54, 1.807) is 0 Å². The summed E-state index contributed by atoms with van der Waals surface area (Å²) in [4.78, 5) is 0. The van der Waals surface area contributed by atoms with Crippen LogP contribution in [0.3, 0.4) is 0 Å². The molecule has 13 heavy (non-hydrogen) atoms. The van der Waals surface area contributed by atoms with E-state index >= 15 is 0 Å². The van der Waals surface area contributed by atoms with Crippen molar-refractivity contribution in [2.75, 3.05) is 0 Å². The zero-order chi connectivity index (χ0) is 9.68. The van der Waals surface area contributed by atoms with Crippen molar-refractivity contribution >= 4 is 15.9 Å². The van der Waals surface area contributed by atoms with Crippen molar-refractivity contribution in [1.29, 1.82) is 0 Å². The zero-order valence-electron chi connectivity index (χ0n) is 8.09. The van der Waals surface area contributed by atoms with Crippen molar-refractivity contribution in [1.82, 2.24) is 0 Å². The van der Waals surface area contributed by atoms with Crippen LogP contribution >= 0.6 is 15.9 Å². The first-order chi connectivity index (χ1) is 6.26. The minimum absolute atomic E-state index is 0.301. The molecule has 0 saturated carbocycles. The molecule has 1 rings (SSSR count). The van der Waals surface area contributed by atoms with Crippen LogP contribution in [0.15, 0.2) is 24.3 Å². The molecule has 0 radical (unpaired) electrons. The number of ether oxygens (including phenoxy) is 1. The molecule has 0 saturated heterocycles. The summed E-state index contributed by atoms with van der Waals surface area (Å²) in [6.45, 7) is 4.20. The molecule has 0 aliphatic heterocycles. The summed E-state index contributed by atoms with van der Waals surface area (Å²) in [6.07, 6.45) is 1.34. The second-order valence-electron chi connectivity index (χ2n) is 3.11. The Kier molecular flexibility index (Phi) is 4.29. The van der Waals surface area contributed by atoms with Crippen LogP contribution in [0.5, 0.6) is 5.75 Å². The number of benzene rings is 1. The number of rotatable bonds is 4. The van der Waals surface area contributed by atoms with Gasteiger partial charge < -0.3 is 4.74 Å². The second kappa shape index (κ2) is 5.28. The van der Waals surface area contributed by atoms with Crippen molar-refractivity contribution < 1.29 is 4.74 Å². The Bertz CT molecular complexity index is 243. The highest BCUT2D eigenvalue weighted by molar-refractivity contribution is 9.08. The van der Waals surface area contributed by atoms with Gasteiger partial charge in [0.15, 0.2) is 0 Å². The minimum atomic E-state index is 0.301. The normalized spacial score (nSPS) is 12.5. The van der Waals surface area contributed by atoms with E-state index in [1.165, 1.54) is 5.56 Å². The van der Waals surface area contributed by atoms with E-state index < -0.39 is 0 Å². The summed E-state index contributed by atoms with van der Waals surface area (Å²) in [5.74, 6) is 0.957. The number of alkyl halides is 1. The molecule has 0 N–H and O–H groups in total. The first kappa shape index (κ1) is 10.6. The summed E-state index contributed by atoms with van der Waals surface area (Å²) in [5, 5.41) is 0.899. The van der Waals surface area contributed by atoms with E-state index in [2.05, 4.69) is 41.9 Å². The third-order valence-corrected chi connectivity index (χ3v) is 2.64. The van der Waals surface area contributed by atoms with Gasteiger partial charge in [-0.15, -0.1) is 0 Å². The fraction of sp³-hybridized carbons (Fsp3) is 0.455. The predicted molar refractivity (Wildman–Crippen MR) is 59.5 cm³/mol. The molecule has 72 valence electrons. The number of hydrogen-bond donors (Lipinski definition) is 0.